The molecule has 1 aromatic rings. The van der Waals surface area contributed by atoms with Gasteiger partial charge in [0.15, 0.2) is 4.67 Å². The molecule has 0 aliphatic carbocycles. The van der Waals surface area contributed by atoms with Crippen molar-refractivity contribution in [3.63, 3.8) is 0 Å². The molecular weight excluding hydrogens is 322 g/mol. The maximum absolute atomic E-state index is 12.4. The zero-order chi connectivity index (χ0) is 13.9. The Bertz CT molecular complexity index is 495. The summed E-state index contributed by atoms with van der Waals surface area (Å²) in [6.45, 7) is 6.23. The zero-order valence-electron chi connectivity index (χ0n) is 10.7. The van der Waals surface area contributed by atoms with Gasteiger partial charge in [0.1, 0.15) is 17.3 Å². The lowest BCUT2D eigenvalue weighted by Crippen LogP contribution is -2.34. The highest BCUT2D eigenvalue weighted by atomic mass is 79.9. The van der Waals surface area contributed by atoms with E-state index in [1.54, 1.807) is 6.92 Å². The van der Waals surface area contributed by atoms with E-state index in [9.17, 15) is 8.42 Å². The molecule has 0 unspecified atom stereocenters. The van der Waals surface area contributed by atoms with Crippen LogP contribution in [-0.2, 0) is 16.6 Å². The van der Waals surface area contributed by atoms with Crippen molar-refractivity contribution in [1.82, 2.24) is 4.31 Å². The van der Waals surface area contributed by atoms with Gasteiger partial charge < -0.3 is 9.52 Å². The Hall–Kier alpha value is -0.370. The zero-order valence-corrected chi connectivity index (χ0v) is 13.1. The van der Waals surface area contributed by atoms with Gasteiger partial charge in [-0.05, 0) is 21.8 Å². The summed E-state index contributed by atoms with van der Waals surface area (Å²) in [5.74, 6) is 0.462. The van der Waals surface area contributed by atoms with Crippen LogP contribution in [0.1, 0.15) is 26.5 Å². The molecule has 0 aromatic carbocycles. The Labute approximate surface area is 116 Å². The van der Waals surface area contributed by atoms with Crippen LogP contribution in [0.15, 0.2) is 20.0 Å². The summed E-state index contributed by atoms with van der Waals surface area (Å²) < 4.78 is 31.4. The van der Waals surface area contributed by atoms with Crippen LogP contribution in [0.5, 0.6) is 0 Å². The summed E-state index contributed by atoms with van der Waals surface area (Å²) in [6, 6.07) is 1.35. The normalized spacial score (nSPS) is 12.6. The number of halogens is 1. The van der Waals surface area contributed by atoms with Crippen LogP contribution < -0.4 is 0 Å². The molecule has 0 aliphatic heterocycles. The van der Waals surface area contributed by atoms with E-state index in [2.05, 4.69) is 15.9 Å². The van der Waals surface area contributed by atoms with Crippen molar-refractivity contribution >= 4 is 26.0 Å². The summed E-state index contributed by atoms with van der Waals surface area (Å²) in [6.07, 6.45) is 0. The van der Waals surface area contributed by atoms with E-state index in [4.69, 9.17) is 9.52 Å². The van der Waals surface area contributed by atoms with Gasteiger partial charge >= 0.3 is 0 Å². The van der Waals surface area contributed by atoms with Crippen molar-refractivity contribution in [2.75, 3.05) is 13.1 Å². The standard InChI is InChI=1S/C11H18BrNO4S/c1-4-13(6-8(2)3)18(15,16)10-5-9(7-14)17-11(10)12/h5,8,14H,4,6-7H2,1-3H3. The number of furan rings is 1. The molecule has 0 aliphatic rings. The van der Waals surface area contributed by atoms with Crippen molar-refractivity contribution in [1.29, 1.82) is 0 Å². The highest BCUT2D eigenvalue weighted by molar-refractivity contribution is 9.10. The minimum atomic E-state index is -3.58. The summed E-state index contributed by atoms with van der Waals surface area (Å²) in [7, 11) is -3.58. The molecule has 0 spiro atoms. The maximum Gasteiger partial charge on any atom is 0.247 e. The van der Waals surface area contributed by atoms with Crippen LogP contribution in [0.3, 0.4) is 0 Å². The number of hydrogen-bond donors (Lipinski definition) is 1. The van der Waals surface area contributed by atoms with Crippen LogP contribution in [0.2, 0.25) is 0 Å². The van der Waals surface area contributed by atoms with Crippen LogP contribution in [0.25, 0.3) is 0 Å². The molecule has 0 saturated carbocycles. The molecule has 5 nitrogen and oxygen atoms in total. The van der Waals surface area contributed by atoms with Gasteiger partial charge in [0, 0.05) is 19.2 Å². The Morgan fingerprint density at radius 3 is 2.50 bits per heavy atom. The van der Waals surface area contributed by atoms with E-state index >= 15 is 0 Å². The van der Waals surface area contributed by atoms with Gasteiger partial charge in [-0.25, -0.2) is 8.42 Å². The molecule has 0 atom stereocenters. The summed E-state index contributed by atoms with van der Waals surface area (Å²) in [4.78, 5) is 0.0639. The molecule has 104 valence electrons. The van der Waals surface area contributed by atoms with Crippen molar-refractivity contribution in [2.24, 2.45) is 5.92 Å². The summed E-state index contributed by atoms with van der Waals surface area (Å²) >= 11 is 3.07. The molecule has 1 aromatic heterocycles. The molecule has 0 bridgehead atoms. The number of aliphatic hydroxyl groups excluding tert-OH is 1. The molecule has 1 heterocycles. The number of hydrogen-bond acceptors (Lipinski definition) is 4. The van der Waals surface area contributed by atoms with Crippen LogP contribution in [0, 0.1) is 5.92 Å². The first-order valence-corrected chi connectivity index (χ1v) is 7.95. The first kappa shape index (κ1) is 15.7. The molecule has 1 rings (SSSR count). The van der Waals surface area contributed by atoms with Gasteiger partial charge in [0.25, 0.3) is 0 Å². The number of sulfonamides is 1. The monoisotopic (exact) mass is 339 g/mol. The third-order valence-corrected chi connectivity index (χ3v) is 5.20. The minimum absolute atomic E-state index is 0.0639. The average molecular weight is 340 g/mol. The molecule has 1 N–H and O–H groups in total. The van der Waals surface area contributed by atoms with Crippen molar-refractivity contribution in [2.45, 2.75) is 32.3 Å². The van der Waals surface area contributed by atoms with E-state index in [1.165, 1.54) is 10.4 Å². The van der Waals surface area contributed by atoms with Crippen LogP contribution >= 0.6 is 15.9 Å². The fraction of sp³-hybridized carbons (Fsp3) is 0.636. The number of nitrogens with zero attached hydrogens (tertiary/aromatic N) is 1. The molecule has 0 amide bonds. The van der Waals surface area contributed by atoms with Crippen LogP contribution in [-0.4, -0.2) is 30.9 Å². The topological polar surface area (TPSA) is 70.8 Å². The Morgan fingerprint density at radius 2 is 2.11 bits per heavy atom. The van der Waals surface area contributed by atoms with Crippen molar-refractivity contribution in [3.05, 3.63) is 16.5 Å². The highest BCUT2D eigenvalue weighted by Gasteiger charge is 2.28. The van der Waals surface area contributed by atoms with E-state index in [-0.39, 0.29) is 27.9 Å². The van der Waals surface area contributed by atoms with Crippen LogP contribution in [0.4, 0.5) is 0 Å². The van der Waals surface area contributed by atoms with Gasteiger partial charge in [0.2, 0.25) is 10.0 Å². The van der Waals surface area contributed by atoms with Crippen molar-refractivity contribution in [3.8, 4) is 0 Å². The maximum atomic E-state index is 12.4. The molecular formula is C11H18BrNO4S. The predicted molar refractivity (Wildman–Crippen MR) is 71.6 cm³/mol. The van der Waals surface area contributed by atoms with E-state index < -0.39 is 10.0 Å². The third-order valence-electron chi connectivity index (χ3n) is 2.40. The molecule has 7 heteroatoms. The molecule has 0 saturated heterocycles. The van der Waals surface area contributed by atoms with Gasteiger partial charge in [-0.3, -0.25) is 0 Å². The van der Waals surface area contributed by atoms with Gasteiger partial charge in [-0.1, -0.05) is 20.8 Å². The highest BCUT2D eigenvalue weighted by Crippen LogP contribution is 2.29. The molecule has 0 radical (unpaired) electrons. The Morgan fingerprint density at radius 1 is 1.50 bits per heavy atom. The number of aliphatic hydroxyl groups is 1. The lowest BCUT2D eigenvalue weighted by atomic mass is 10.2. The second-order valence-corrected chi connectivity index (χ2v) is 6.98. The number of rotatable bonds is 6. The van der Waals surface area contributed by atoms with Gasteiger partial charge in [-0.2, -0.15) is 4.31 Å². The van der Waals surface area contributed by atoms with E-state index in [0.717, 1.165) is 0 Å². The summed E-state index contributed by atoms with van der Waals surface area (Å²) in [5.41, 5.74) is 0. The van der Waals surface area contributed by atoms with E-state index in [0.29, 0.717) is 13.1 Å². The fourth-order valence-electron chi connectivity index (χ4n) is 1.60. The van der Waals surface area contributed by atoms with E-state index in [1.807, 2.05) is 13.8 Å². The first-order valence-electron chi connectivity index (χ1n) is 5.72. The lowest BCUT2D eigenvalue weighted by molar-refractivity contribution is 0.245. The second kappa shape index (κ2) is 6.18. The second-order valence-electron chi connectivity index (χ2n) is 4.36. The quantitative estimate of drug-likeness (QED) is 0.862. The largest absolute Gasteiger partial charge is 0.450 e. The fourth-order valence-corrected chi connectivity index (χ4v) is 4.17. The minimum Gasteiger partial charge on any atom is -0.450 e. The smallest absolute Gasteiger partial charge is 0.247 e. The Balaban J connectivity index is 3.14. The van der Waals surface area contributed by atoms with Crippen molar-refractivity contribution < 1.29 is 17.9 Å². The predicted octanol–water partition coefficient (Wildman–Crippen LogP) is 2.20. The van der Waals surface area contributed by atoms with Gasteiger partial charge in [-0.15, -0.1) is 0 Å². The third kappa shape index (κ3) is 3.34. The molecule has 18 heavy (non-hydrogen) atoms. The molecule has 0 fully saturated rings. The first-order chi connectivity index (χ1) is 8.32. The Kier molecular flexibility index (Phi) is 5.39. The average Bonchev–Trinajstić information content (AvgIpc) is 2.67. The summed E-state index contributed by atoms with van der Waals surface area (Å²) in [5, 5.41) is 8.96. The van der Waals surface area contributed by atoms with Gasteiger partial charge in [0.05, 0.1) is 0 Å². The lowest BCUT2D eigenvalue weighted by Gasteiger charge is -2.21. The SMILES string of the molecule is CCN(CC(C)C)S(=O)(=O)c1cc(CO)oc1Br.